The summed E-state index contributed by atoms with van der Waals surface area (Å²) < 4.78 is 5.56. The van der Waals surface area contributed by atoms with Crippen molar-refractivity contribution in [2.24, 2.45) is 0 Å². The Morgan fingerprint density at radius 1 is 1.14 bits per heavy atom. The van der Waals surface area contributed by atoms with Crippen LogP contribution in [0.1, 0.15) is 64.8 Å². The molecule has 2 aliphatic heterocycles. The largest absolute Gasteiger partial charge is 0.427 e. The number of aryl methyl sites for hydroxylation is 1. The van der Waals surface area contributed by atoms with Gasteiger partial charge >= 0.3 is 5.63 Å². The second-order valence-electron chi connectivity index (χ2n) is 8.09. The summed E-state index contributed by atoms with van der Waals surface area (Å²) in [6.45, 7) is 4.72. The Bertz CT molecular complexity index is 996. The number of likely N-dealkylation sites (tertiary alicyclic amines) is 1. The molecule has 2 fully saturated rings. The molecule has 2 aromatic heterocycles. The standard InChI is InChI=1S/C22H27N3O4/c1-14-11-18(17-3-2-7-23-13-17)29-22(28)20(14)21(27)25-9-5-15(6-10-25)16-4-8-24-19(26)12-16/h4,8,11-12,15,17,23H,2-3,5-7,9-10,13H2,1H3,(H,24,26). The third-order valence-electron chi connectivity index (χ3n) is 6.13. The van der Waals surface area contributed by atoms with Crippen LogP contribution in [-0.2, 0) is 0 Å². The molecule has 0 saturated carbocycles. The number of hydrogen-bond acceptors (Lipinski definition) is 5. The molecule has 1 atom stereocenters. The summed E-state index contributed by atoms with van der Waals surface area (Å²) in [6, 6.07) is 5.40. The van der Waals surface area contributed by atoms with Gasteiger partial charge in [0.1, 0.15) is 11.3 Å². The molecule has 2 aromatic rings. The highest BCUT2D eigenvalue weighted by Gasteiger charge is 2.29. The molecule has 2 N–H and O–H groups in total. The number of amides is 1. The Balaban J connectivity index is 1.47. The van der Waals surface area contributed by atoms with E-state index >= 15 is 0 Å². The van der Waals surface area contributed by atoms with E-state index in [1.165, 1.54) is 0 Å². The molecule has 7 nitrogen and oxygen atoms in total. The van der Waals surface area contributed by atoms with E-state index in [1.807, 2.05) is 19.1 Å². The fourth-order valence-corrected chi connectivity index (χ4v) is 4.48. The molecule has 1 unspecified atom stereocenters. The molecule has 2 saturated heterocycles. The van der Waals surface area contributed by atoms with Crippen molar-refractivity contribution in [1.82, 2.24) is 15.2 Å². The summed E-state index contributed by atoms with van der Waals surface area (Å²) in [4.78, 5) is 41.6. The lowest BCUT2D eigenvalue weighted by atomic mass is 9.89. The number of hydrogen-bond donors (Lipinski definition) is 2. The van der Waals surface area contributed by atoms with Crippen LogP contribution in [0.5, 0.6) is 0 Å². The van der Waals surface area contributed by atoms with Crippen molar-refractivity contribution in [1.29, 1.82) is 0 Å². The van der Waals surface area contributed by atoms with Gasteiger partial charge in [-0.2, -0.15) is 0 Å². The molecule has 7 heteroatoms. The number of carbonyl (C=O) groups excluding carboxylic acids is 1. The molecule has 4 rings (SSSR count). The maximum Gasteiger partial charge on any atom is 0.349 e. The number of piperidine rings is 2. The summed E-state index contributed by atoms with van der Waals surface area (Å²) in [5.74, 6) is 0.849. The zero-order chi connectivity index (χ0) is 20.4. The predicted molar refractivity (Wildman–Crippen MR) is 110 cm³/mol. The second-order valence-corrected chi connectivity index (χ2v) is 8.09. The van der Waals surface area contributed by atoms with E-state index < -0.39 is 5.63 Å². The van der Waals surface area contributed by atoms with Crippen LogP contribution in [0.4, 0.5) is 0 Å². The maximum absolute atomic E-state index is 13.0. The van der Waals surface area contributed by atoms with Crippen molar-refractivity contribution < 1.29 is 9.21 Å². The molecule has 2 aliphatic rings. The molecule has 0 radical (unpaired) electrons. The molecule has 29 heavy (non-hydrogen) atoms. The van der Waals surface area contributed by atoms with E-state index in [1.54, 1.807) is 17.2 Å². The number of rotatable bonds is 3. The highest BCUT2D eigenvalue weighted by atomic mass is 16.4. The molecule has 1 amide bonds. The summed E-state index contributed by atoms with van der Waals surface area (Å²) in [7, 11) is 0. The maximum atomic E-state index is 13.0. The van der Waals surface area contributed by atoms with E-state index in [-0.39, 0.29) is 28.9 Å². The van der Waals surface area contributed by atoms with E-state index in [0.717, 1.165) is 44.3 Å². The van der Waals surface area contributed by atoms with Gasteiger partial charge in [0.05, 0.1) is 0 Å². The van der Waals surface area contributed by atoms with Crippen molar-refractivity contribution >= 4 is 5.91 Å². The number of pyridine rings is 1. The van der Waals surface area contributed by atoms with Crippen molar-refractivity contribution in [3.8, 4) is 0 Å². The molecule has 154 valence electrons. The highest BCUT2D eigenvalue weighted by Crippen LogP contribution is 2.28. The van der Waals surface area contributed by atoms with Crippen LogP contribution in [0.3, 0.4) is 0 Å². The van der Waals surface area contributed by atoms with Crippen LogP contribution >= 0.6 is 0 Å². The van der Waals surface area contributed by atoms with Crippen LogP contribution in [0.25, 0.3) is 0 Å². The van der Waals surface area contributed by atoms with E-state index in [0.29, 0.717) is 24.4 Å². The smallest absolute Gasteiger partial charge is 0.349 e. The molecule has 0 aliphatic carbocycles. The summed E-state index contributed by atoms with van der Waals surface area (Å²) in [5, 5.41) is 3.32. The van der Waals surface area contributed by atoms with E-state index in [2.05, 4.69) is 10.3 Å². The Morgan fingerprint density at radius 2 is 1.93 bits per heavy atom. The predicted octanol–water partition coefficient (Wildman–Crippen LogP) is 2.12. The van der Waals surface area contributed by atoms with E-state index in [4.69, 9.17) is 4.42 Å². The number of nitrogens with one attached hydrogen (secondary N) is 2. The minimum Gasteiger partial charge on any atom is -0.427 e. The zero-order valence-electron chi connectivity index (χ0n) is 16.7. The first-order valence-electron chi connectivity index (χ1n) is 10.4. The Labute approximate surface area is 169 Å². The van der Waals surface area contributed by atoms with Crippen LogP contribution in [0.2, 0.25) is 0 Å². The second kappa shape index (κ2) is 8.37. The SMILES string of the molecule is Cc1cc(C2CCCNC2)oc(=O)c1C(=O)N1CCC(c2cc[nH]c(=O)c2)CC1. The zero-order valence-corrected chi connectivity index (χ0v) is 16.7. The Morgan fingerprint density at radius 3 is 2.59 bits per heavy atom. The third kappa shape index (κ3) is 4.19. The summed E-state index contributed by atoms with van der Waals surface area (Å²) in [5.41, 5.74) is 1.19. The molecular weight excluding hydrogens is 370 g/mol. The monoisotopic (exact) mass is 397 g/mol. The molecular formula is C22H27N3O4. The van der Waals surface area contributed by atoms with Gasteiger partial charge in [-0.3, -0.25) is 9.59 Å². The lowest BCUT2D eigenvalue weighted by molar-refractivity contribution is 0.0707. The quantitative estimate of drug-likeness (QED) is 0.827. The first-order chi connectivity index (χ1) is 14.0. The van der Waals surface area contributed by atoms with Crippen molar-refractivity contribution in [2.75, 3.05) is 26.2 Å². The number of nitrogens with zero attached hydrogens (tertiary/aromatic N) is 1. The van der Waals surface area contributed by atoms with Crippen molar-refractivity contribution in [2.45, 2.75) is 44.4 Å². The fourth-order valence-electron chi connectivity index (χ4n) is 4.48. The summed E-state index contributed by atoms with van der Waals surface area (Å²) >= 11 is 0. The van der Waals surface area contributed by atoms with Gasteiger partial charge < -0.3 is 19.6 Å². The van der Waals surface area contributed by atoms with Crippen molar-refractivity contribution in [3.05, 3.63) is 67.6 Å². The Kier molecular flexibility index (Phi) is 5.67. The number of carbonyl (C=O) groups is 1. The van der Waals surface area contributed by atoms with Crippen LogP contribution in [0.15, 0.2) is 38.4 Å². The molecule has 0 bridgehead atoms. The minimum atomic E-state index is -0.535. The first-order valence-corrected chi connectivity index (χ1v) is 10.4. The Hall–Kier alpha value is -2.67. The van der Waals surface area contributed by atoms with Gasteiger partial charge in [-0.1, -0.05) is 0 Å². The molecule has 0 spiro atoms. The highest BCUT2D eigenvalue weighted by molar-refractivity contribution is 5.95. The average Bonchev–Trinajstić information content (AvgIpc) is 2.74. The van der Waals surface area contributed by atoms with Gasteiger partial charge in [-0.05, 0) is 68.3 Å². The van der Waals surface area contributed by atoms with Gasteiger partial charge in [0.2, 0.25) is 5.56 Å². The normalized spacial score (nSPS) is 20.6. The molecule has 0 aromatic carbocycles. The number of H-pyrrole nitrogens is 1. The topological polar surface area (TPSA) is 95.4 Å². The lowest BCUT2D eigenvalue weighted by Crippen LogP contribution is -2.40. The van der Waals surface area contributed by atoms with Gasteiger partial charge in [0, 0.05) is 37.8 Å². The average molecular weight is 397 g/mol. The van der Waals surface area contributed by atoms with Crippen molar-refractivity contribution in [3.63, 3.8) is 0 Å². The summed E-state index contributed by atoms with van der Waals surface area (Å²) in [6.07, 6.45) is 5.23. The van der Waals surface area contributed by atoms with Gasteiger partial charge in [-0.25, -0.2) is 4.79 Å². The van der Waals surface area contributed by atoms with Gasteiger partial charge in [0.15, 0.2) is 0 Å². The first kappa shape index (κ1) is 19.6. The third-order valence-corrected chi connectivity index (χ3v) is 6.13. The van der Waals surface area contributed by atoms with E-state index in [9.17, 15) is 14.4 Å². The number of aromatic nitrogens is 1. The fraction of sp³-hybridized carbons (Fsp3) is 0.500. The number of aromatic amines is 1. The molecule has 4 heterocycles. The van der Waals surface area contributed by atoms with Gasteiger partial charge in [0.25, 0.3) is 5.91 Å². The van der Waals surface area contributed by atoms with Crippen LogP contribution < -0.4 is 16.5 Å². The lowest BCUT2D eigenvalue weighted by Gasteiger charge is -2.32. The van der Waals surface area contributed by atoms with Crippen LogP contribution in [0, 0.1) is 6.92 Å². The van der Waals surface area contributed by atoms with Gasteiger partial charge in [-0.15, -0.1) is 0 Å². The van der Waals surface area contributed by atoms with Crippen LogP contribution in [-0.4, -0.2) is 42.0 Å². The minimum absolute atomic E-state index is 0.109.